The Labute approximate surface area is 263 Å². The van der Waals surface area contributed by atoms with Gasteiger partial charge < -0.3 is 24.3 Å². The Morgan fingerprint density at radius 2 is 1.78 bits per heavy atom. The third-order valence-corrected chi connectivity index (χ3v) is 8.87. The van der Waals surface area contributed by atoms with E-state index in [1.807, 2.05) is 46.4 Å². The predicted octanol–water partition coefficient (Wildman–Crippen LogP) is 4.52. The number of urea groups is 1. The summed E-state index contributed by atoms with van der Waals surface area (Å²) in [7, 11) is 1.75. The van der Waals surface area contributed by atoms with E-state index in [1.165, 1.54) is 24.4 Å². The molecule has 0 bridgehead atoms. The van der Waals surface area contributed by atoms with Crippen LogP contribution in [-0.2, 0) is 20.9 Å². The molecule has 2 atom stereocenters. The maximum atomic E-state index is 15.5. The lowest BCUT2D eigenvalue weighted by molar-refractivity contribution is -0.121. The summed E-state index contributed by atoms with van der Waals surface area (Å²) in [5, 5.41) is 0. The number of amides is 4. The third kappa shape index (κ3) is 6.61. The quantitative estimate of drug-likeness (QED) is 0.469. The Morgan fingerprint density at radius 1 is 1.09 bits per heavy atom. The second kappa shape index (κ2) is 11.9. The molecule has 0 N–H and O–H groups in total. The number of benzene rings is 1. The van der Waals surface area contributed by atoms with Gasteiger partial charge in [-0.15, -0.1) is 0 Å². The largest absolute Gasteiger partial charge is 0.444 e. The molecule has 0 unspecified atom stereocenters. The number of likely N-dealkylation sites (N-methyl/N-ethyl adjacent to an activating group) is 1. The van der Waals surface area contributed by atoms with E-state index in [-0.39, 0.29) is 42.7 Å². The second-order valence-electron chi connectivity index (χ2n) is 14.1. The van der Waals surface area contributed by atoms with E-state index in [4.69, 9.17) is 4.74 Å². The van der Waals surface area contributed by atoms with Gasteiger partial charge in [-0.05, 0) is 33.8 Å². The molecule has 3 aliphatic rings. The second-order valence-corrected chi connectivity index (χ2v) is 14.1. The van der Waals surface area contributed by atoms with Gasteiger partial charge in [0.15, 0.2) is 0 Å². The molecule has 4 heterocycles. The molecule has 4 amide bonds. The Bertz CT molecular complexity index is 1450. The number of carbonyl (C=O) groups is 3. The molecule has 3 aliphatic heterocycles. The van der Waals surface area contributed by atoms with E-state index < -0.39 is 28.7 Å². The van der Waals surface area contributed by atoms with Crippen molar-refractivity contribution in [2.45, 2.75) is 70.6 Å². The summed E-state index contributed by atoms with van der Waals surface area (Å²) in [4.78, 5) is 52.8. The molecule has 2 saturated heterocycles. The zero-order valence-electron chi connectivity index (χ0n) is 27.2. The van der Waals surface area contributed by atoms with E-state index in [1.54, 1.807) is 44.8 Å². The molecule has 0 spiro atoms. The molecule has 10 nitrogen and oxygen atoms in total. The van der Waals surface area contributed by atoms with Crippen molar-refractivity contribution in [3.05, 3.63) is 59.4 Å². The van der Waals surface area contributed by atoms with E-state index in [2.05, 4.69) is 4.98 Å². The number of hydrogen-bond acceptors (Lipinski definition) is 6. The minimum atomic E-state index is -3.34. The van der Waals surface area contributed by atoms with Crippen LogP contribution in [0.3, 0.4) is 0 Å². The smallest absolute Gasteiger partial charge is 0.410 e. The molecule has 12 heteroatoms. The third-order valence-electron chi connectivity index (χ3n) is 8.87. The average Bonchev–Trinajstić information content (AvgIpc) is 3.43. The van der Waals surface area contributed by atoms with E-state index in [0.29, 0.717) is 38.4 Å². The number of alkyl halides is 2. The minimum Gasteiger partial charge on any atom is -0.444 e. The maximum absolute atomic E-state index is 15.5. The highest BCUT2D eigenvalue weighted by Gasteiger charge is 2.44. The van der Waals surface area contributed by atoms with E-state index in [9.17, 15) is 14.4 Å². The van der Waals surface area contributed by atoms with E-state index in [0.717, 1.165) is 5.56 Å². The van der Waals surface area contributed by atoms with Crippen molar-refractivity contribution in [1.82, 2.24) is 24.6 Å². The average molecular weight is 627 g/mol. The van der Waals surface area contributed by atoms with Gasteiger partial charge in [0.1, 0.15) is 11.3 Å². The van der Waals surface area contributed by atoms with Crippen molar-refractivity contribution in [3.8, 4) is 0 Å². The molecule has 2 aromatic rings. The molecule has 0 aliphatic carbocycles. The summed E-state index contributed by atoms with van der Waals surface area (Å²) in [6, 6.07) is 8.17. The fraction of sp³-hybridized carbons (Fsp3) is 0.576. The number of anilines is 1. The number of nitrogens with zero attached hydrogens (tertiary/aromatic N) is 6. The lowest BCUT2D eigenvalue weighted by Gasteiger charge is -2.46. The van der Waals surface area contributed by atoms with Crippen LogP contribution in [0.5, 0.6) is 0 Å². The molecule has 45 heavy (non-hydrogen) atoms. The van der Waals surface area contributed by atoms with Crippen molar-refractivity contribution in [2.24, 2.45) is 0 Å². The topological polar surface area (TPSA) is 89.5 Å². The summed E-state index contributed by atoms with van der Waals surface area (Å²) in [6.07, 6.45) is 1.03. The van der Waals surface area contributed by atoms with Gasteiger partial charge in [0.05, 0.1) is 12.2 Å². The number of carbonyl (C=O) groups excluding carboxylic acids is 3. The van der Waals surface area contributed by atoms with Gasteiger partial charge in [0.25, 0.3) is 0 Å². The summed E-state index contributed by atoms with van der Waals surface area (Å²) >= 11 is 0. The van der Waals surface area contributed by atoms with Crippen LogP contribution in [0.15, 0.2) is 42.6 Å². The fourth-order valence-electron chi connectivity index (χ4n) is 6.38. The van der Waals surface area contributed by atoms with Gasteiger partial charge in [-0.2, -0.15) is 8.78 Å². The van der Waals surface area contributed by atoms with Crippen molar-refractivity contribution < 1.29 is 27.9 Å². The zero-order valence-corrected chi connectivity index (χ0v) is 27.2. The summed E-state index contributed by atoms with van der Waals surface area (Å²) < 4.78 is 36.8. The fourth-order valence-corrected chi connectivity index (χ4v) is 6.38. The van der Waals surface area contributed by atoms with Crippen LogP contribution in [0, 0.1) is 0 Å². The number of rotatable bonds is 6. The molecule has 0 saturated carbocycles. The molecule has 2 fully saturated rings. The number of piperazine rings is 1. The highest BCUT2D eigenvalue weighted by molar-refractivity contribution is 5.97. The van der Waals surface area contributed by atoms with Gasteiger partial charge in [0.2, 0.25) is 5.91 Å². The first-order valence-electron chi connectivity index (χ1n) is 15.5. The van der Waals surface area contributed by atoms with Gasteiger partial charge in [0, 0.05) is 81.1 Å². The number of aromatic nitrogens is 1. The van der Waals surface area contributed by atoms with Crippen LogP contribution in [-0.4, -0.2) is 113 Å². The van der Waals surface area contributed by atoms with Crippen molar-refractivity contribution in [2.75, 3.05) is 57.8 Å². The molecule has 5 rings (SSSR count). The van der Waals surface area contributed by atoms with Crippen LogP contribution in [0.2, 0.25) is 0 Å². The number of pyridine rings is 1. The Morgan fingerprint density at radius 3 is 2.40 bits per heavy atom. The van der Waals surface area contributed by atoms with Crippen molar-refractivity contribution in [1.29, 1.82) is 0 Å². The summed E-state index contributed by atoms with van der Waals surface area (Å²) in [5.74, 6) is -3.58. The number of halogens is 2. The minimum absolute atomic E-state index is 0.00269. The lowest BCUT2D eigenvalue weighted by atomic mass is 9.88. The number of hydrogen-bond donors (Lipinski definition) is 0. The molecular weight excluding hydrogens is 582 g/mol. The van der Waals surface area contributed by atoms with Gasteiger partial charge in [-0.1, -0.05) is 44.2 Å². The van der Waals surface area contributed by atoms with Gasteiger partial charge in [-0.3, -0.25) is 14.7 Å². The molecular formula is C33H44F2N6O4. The normalized spacial score (nSPS) is 22.2. The van der Waals surface area contributed by atoms with Crippen LogP contribution < -0.4 is 4.90 Å². The zero-order chi connectivity index (χ0) is 32.9. The number of ether oxygens (including phenoxy) is 1. The Balaban J connectivity index is 1.40. The van der Waals surface area contributed by atoms with E-state index >= 15 is 8.78 Å². The van der Waals surface area contributed by atoms with Gasteiger partial charge in [-0.25, -0.2) is 9.59 Å². The van der Waals surface area contributed by atoms with Crippen LogP contribution in [0.1, 0.15) is 58.4 Å². The van der Waals surface area contributed by atoms with Crippen LogP contribution in [0.4, 0.5) is 24.1 Å². The van der Waals surface area contributed by atoms with Crippen LogP contribution in [0.25, 0.3) is 0 Å². The molecule has 244 valence electrons. The Hall–Kier alpha value is -3.80. The summed E-state index contributed by atoms with van der Waals surface area (Å²) in [6.45, 7) is 13.7. The maximum Gasteiger partial charge on any atom is 0.410 e. The lowest BCUT2D eigenvalue weighted by Crippen LogP contribution is -2.63. The van der Waals surface area contributed by atoms with Crippen molar-refractivity contribution in [3.63, 3.8) is 0 Å². The first kappa shape index (κ1) is 32.6. The molecule has 1 aromatic heterocycles. The summed E-state index contributed by atoms with van der Waals surface area (Å²) in [5.41, 5.74) is -0.597. The van der Waals surface area contributed by atoms with Gasteiger partial charge >= 0.3 is 18.0 Å². The van der Waals surface area contributed by atoms with Crippen molar-refractivity contribution >= 4 is 23.7 Å². The number of fused-ring (bicyclic) bond motifs is 1. The monoisotopic (exact) mass is 626 g/mol. The van der Waals surface area contributed by atoms with Crippen LogP contribution >= 0.6 is 0 Å². The predicted molar refractivity (Wildman–Crippen MR) is 166 cm³/mol. The Kier molecular flexibility index (Phi) is 8.58. The molecule has 0 radical (unpaired) electrons. The highest BCUT2D eigenvalue weighted by Crippen LogP contribution is 2.44. The standard InChI is InChI=1S/C33H44F2N6O4/c1-22-17-39(24(18-38-14-13-37(7)29(38)43)19-40(22)30(44)45-31(2,3)4)20-28(42)41-21-32(5,6)25-16-36-27(15-26(25)41)33(34,35)23-11-9-8-10-12-23/h8-12,15-16,22,24H,13-14,17-21H2,1-7H3/t22-,24+/m1/s1. The highest BCUT2D eigenvalue weighted by atomic mass is 19.3. The molecule has 1 aromatic carbocycles. The SMILES string of the molecule is C[C@@H]1CN(CC(=O)N2CC(C)(C)c3cnc(C(F)(F)c4ccccc4)cc32)[C@@H](CN2CCN(C)C2=O)CN1C(=O)OC(C)(C)C. The first-order valence-corrected chi connectivity index (χ1v) is 15.5. The first-order chi connectivity index (χ1) is 21.0.